The van der Waals surface area contributed by atoms with E-state index in [0.717, 1.165) is 0 Å². The second kappa shape index (κ2) is 2.99. The van der Waals surface area contributed by atoms with Crippen molar-refractivity contribution in [1.29, 1.82) is 0 Å². The predicted molar refractivity (Wildman–Crippen MR) is 52.3 cm³/mol. The number of alkyl halides is 2. The van der Waals surface area contributed by atoms with Gasteiger partial charge in [0, 0.05) is 25.0 Å². The van der Waals surface area contributed by atoms with Crippen molar-refractivity contribution in [3.8, 4) is 0 Å². The summed E-state index contributed by atoms with van der Waals surface area (Å²) in [4.78, 5) is 18.3. The summed E-state index contributed by atoms with van der Waals surface area (Å²) in [5.41, 5.74) is 0.244. The van der Waals surface area contributed by atoms with E-state index >= 15 is 0 Å². The highest BCUT2D eigenvalue weighted by molar-refractivity contribution is 5.85. The van der Waals surface area contributed by atoms with Gasteiger partial charge in [0.05, 0.1) is 5.92 Å². The maximum atomic E-state index is 12.9. The van der Waals surface area contributed by atoms with Gasteiger partial charge in [0.2, 0.25) is 5.78 Å². The quantitative estimate of drug-likeness (QED) is 0.863. The van der Waals surface area contributed by atoms with Crippen molar-refractivity contribution in [3.05, 3.63) is 29.8 Å². The van der Waals surface area contributed by atoms with E-state index in [2.05, 4.69) is 9.97 Å². The summed E-state index contributed by atoms with van der Waals surface area (Å²) >= 11 is 0. The smallest absolute Gasteiger partial charge is 0.356 e. The van der Waals surface area contributed by atoms with Gasteiger partial charge in [0.15, 0.2) is 5.69 Å². The molecule has 1 aliphatic carbocycles. The molecule has 5 nitrogen and oxygen atoms in total. The molecule has 1 N–H and O–H groups in total. The number of halogens is 2. The van der Waals surface area contributed by atoms with Gasteiger partial charge in [0.1, 0.15) is 0 Å². The molecule has 0 radical (unpaired) electrons. The van der Waals surface area contributed by atoms with Crippen LogP contribution < -0.4 is 0 Å². The lowest BCUT2D eigenvalue weighted by atomic mass is 10.2. The van der Waals surface area contributed by atoms with Gasteiger partial charge in [-0.05, 0) is 5.56 Å². The van der Waals surface area contributed by atoms with Crippen molar-refractivity contribution < 1.29 is 18.7 Å². The van der Waals surface area contributed by atoms with E-state index in [9.17, 15) is 13.6 Å². The van der Waals surface area contributed by atoms with Crippen LogP contribution in [0.15, 0.2) is 18.6 Å². The molecule has 1 atom stereocenters. The molecule has 0 saturated heterocycles. The Bertz CT molecular complexity index is 623. The number of nitrogens with zero attached hydrogens (tertiary/aromatic N) is 3. The van der Waals surface area contributed by atoms with Gasteiger partial charge >= 0.3 is 5.97 Å². The second-order valence-electron chi connectivity index (χ2n) is 4.04. The van der Waals surface area contributed by atoms with Crippen LogP contribution in [0.25, 0.3) is 5.78 Å². The molecule has 2 heterocycles. The van der Waals surface area contributed by atoms with E-state index in [1.54, 1.807) is 0 Å². The predicted octanol–water partition coefficient (Wildman–Crippen LogP) is 1.55. The van der Waals surface area contributed by atoms with E-state index in [1.165, 1.54) is 23.0 Å². The summed E-state index contributed by atoms with van der Waals surface area (Å²) in [7, 11) is 0. The van der Waals surface area contributed by atoms with Crippen molar-refractivity contribution in [2.24, 2.45) is 0 Å². The lowest BCUT2D eigenvalue weighted by Crippen LogP contribution is -1.96. The number of aromatic carboxylic acids is 1. The van der Waals surface area contributed by atoms with Crippen LogP contribution in [0.3, 0.4) is 0 Å². The van der Waals surface area contributed by atoms with Gasteiger partial charge in [-0.15, -0.1) is 0 Å². The third-order valence-electron chi connectivity index (χ3n) is 2.78. The van der Waals surface area contributed by atoms with Gasteiger partial charge < -0.3 is 5.11 Å². The Hall–Kier alpha value is -2.05. The minimum absolute atomic E-state index is 0.155. The monoisotopic (exact) mass is 239 g/mol. The zero-order valence-electron chi connectivity index (χ0n) is 8.47. The average molecular weight is 239 g/mol. The van der Waals surface area contributed by atoms with Gasteiger partial charge in [-0.25, -0.2) is 23.5 Å². The highest BCUT2D eigenvalue weighted by atomic mass is 19.3. The van der Waals surface area contributed by atoms with E-state index in [4.69, 9.17) is 5.11 Å². The maximum Gasteiger partial charge on any atom is 0.356 e. The molecule has 88 valence electrons. The lowest BCUT2D eigenvalue weighted by molar-refractivity contribution is 0.0691. The average Bonchev–Trinajstić information content (AvgIpc) is 2.74. The number of carboxylic acids is 1. The number of rotatable bonds is 2. The molecule has 0 bridgehead atoms. The van der Waals surface area contributed by atoms with Gasteiger partial charge in [-0.3, -0.25) is 4.40 Å². The number of hydrogen-bond donors (Lipinski definition) is 1. The van der Waals surface area contributed by atoms with E-state index in [1.807, 2.05) is 0 Å². The van der Waals surface area contributed by atoms with Crippen LogP contribution in [0.4, 0.5) is 8.78 Å². The summed E-state index contributed by atoms with van der Waals surface area (Å²) in [6.07, 6.45) is 3.85. The molecule has 1 fully saturated rings. The highest BCUT2D eigenvalue weighted by Gasteiger charge is 2.57. The molecule has 2 aromatic heterocycles. The summed E-state index contributed by atoms with van der Waals surface area (Å²) in [5, 5.41) is 8.74. The van der Waals surface area contributed by atoms with E-state index < -0.39 is 17.8 Å². The van der Waals surface area contributed by atoms with Crippen LogP contribution in [0, 0.1) is 0 Å². The number of carbonyl (C=O) groups is 1. The largest absolute Gasteiger partial charge is 0.476 e. The van der Waals surface area contributed by atoms with Crippen LogP contribution in [0.2, 0.25) is 0 Å². The number of imidazole rings is 1. The lowest BCUT2D eigenvalue weighted by Gasteiger charge is -1.99. The Balaban J connectivity index is 2.04. The minimum Gasteiger partial charge on any atom is -0.476 e. The molecule has 7 heteroatoms. The minimum atomic E-state index is -2.66. The SMILES string of the molecule is O=C(O)c1cn2cc(C3CC3(F)F)cnc2n1. The summed E-state index contributed by atoms with van der Waals surface area (Å²) in [6, 6.07) is 0. The molecule has 0 aliphatic heterocycles. The Morgan fingerprint density at radius 3 is 2.82 bits per heavy atom. The molecular weight excluding hydrogens is 232 g/mol. The third-order valence-corrected chi connectivity index (χ3v) is 2.78. The van der Waals surface area contributed by atoms with Crippen LogP contribution in [0.1, 0.15) is 28.4 Å². The molecule has 0 spiro atoms. The zero-order chi connectivity index (χ0) is 12.2. The third kappa shape index (κ3) is 1.54. The molecule has 3 rings (SSSR count). The fraction of sp³-hybridized carbons (Fsp3) is 0.300. The molecule has 0 amide bonds. The molecular formula is C10H7F2N3O2. The Morgan fingerprint density at radius 1 is 1.53 bits per heavy atom. The highest BCUT2D eigenvalue weighted by Crippen LogP contribution is 2.55. The summed E-state index contributed by atoms with van der Waals surface area (Å²) in [5.74, 6) is -4.45. The number of aromatic nitrogens is 3. The molecule has 17 heavy (non-hydrogen) atoms. The first-order chi connectivity index (χ1) is 7.97. The normalized spacial score (nSPS) is 21.6. The molecule has 1 aliphatic rings. The van der Waals surface area contributed by atoms with Gasteiger partial charge in [-0.1, -0.05) is 0 Å². The van der Waals surface area contributed by atoms with Crippen molar-refractivity contribution in [2.45, 2.75) is 18.3 Å². The second-order valence-corrected chi connectivity index (χ2v) is 4.04. The van der Waals surface area contributed by atoms with Crippen molar-refractivity contribution >= 4 is 11.7 Å². The van der Waals surface area contributed by atoms with E-state index in [0.29, 0.717) is 5.56 Å². The molecule has 2 aromatic rings. The van der Waals surface area contributed by atoms with Crippen LogP contribution in [-0.2, 0) is 0 Å². The first-order valence-corrected chi connectivity index (χ1v) is 4.93. The van der Waals surface area contributed by atoms with Gasteiger partial charge in [-0.2, -0.15) is 0 Å². The Labute approximate surface area is 93.7 Å². The standard InChI is InChI=1S/C10H7F2N3O2/c11-10(12)1-6(10)5-2-13-9-14-7(8(16)17)4-15(9)3-5/h2-4,6H,1H2,(H,16,17). The Kier molecular flexibility index (Phi) is 1.78. The molecule has 0 aromatic carbocycles. The fourth-order valence-corrected chi connectivity index (χ4v) is 1.76. The number of carboxylic acid groups (broad SMARTS) is 1. The fourth-order valence-electron chi connectivity index (χ4n) is 1.76. The first kappa shape index (κ1) is 10.1. The van der Waals surface area contributed by atoms with Crippen molar-refractivity contribution in [1.82, 2.24) is 14.4 Å². The van der Waals surface area contributed by atoms with Crippen molar-refractivity contribution in [3.63, 3.8) is 0 Å². The summed E-state index contributed by atoms with van der Waals surface area (Å²) < 4.78 is 27.1. The topological polar surface area (TPSA) is 67.5 Å². The van der Waals surface area contributed by atoms with Gasteiger partial charge in [0.25, 0.3) is 5.92 Å². The summed E-state index contributed by atoms with van der Waals surface area (Å²) in [6.45, 7) is 0. The van der Waals surface area contributed by atoms with Crippen LogP contribution in [-0.4, -0.2) is 31.4 Å². The number of hydrogen-bond acceptors (Lipinski definition) is 3. The zero-order valence-corrected chi connectivity index (χ0v) is 8.47. The maximum absolute atomic E-state index is 12.9. The van der Waals surface area contributed by atoms with Crippen LogP contribution in [0.5, 0.6) is 0 Å². The first-order valence-electron chi connectivity index (χ1n) is 4.93. The Morgan fingerprint density at radius 2 is 2.24 bits per heavy atom. The van der Waals surface area contributed by atoms with E-state index in [-0.39, 0.29) is 17.9 Å². The molecule has 1 saturated carbocycles. The molecule has 1 unspecified atom stereocenters. The van der Waals surface area contributed by atoms with Crippen LogP contribution >= 0.6 is 0 Å². The number of fused-ring (bicyclic) bond motifs is 1. The van der Waals surface area contributed by atoms with Crippen molar-refractivity contribution in [2.75, 3.05) is 0 Å².